The Morgan fingerprint density at radius 1 is 1.43 bits per heavy atom. The number of nitrogens with one attached hydrogen (secondary N) is 1. The molecule has 2 amide bonds. The average molecular weight is 300 g/mol. The number of benzene rings is 1. The number of halogens is 2. The second kappa shape index (κ2) is 7.93. The van der Waals surface area contributed by atoms with Gasteiger partial charge in [0.25, 0.3) is 0 Å². The summed E-state index contributed by atoms with van der Waals surface area (Å²) >= 11 is 0. The molecule has 2 unspecified atom stereocenters. The minimum absolute atomic E-state index is 0.177. The molecule has 1 rings (SSSR count). The molecule has 1 aromatic rings. The van der Waals surface area contributed by atoms with Gasteiger partial charge in [0.15, 0.2) is 0 Å². The fraction of sp³-hybridized carbons (Fsp3) is 0.533. The maximum absolute atomic E-state index is 13.8. The average Bonchev–Trinajstić information content (AvgIpc) is 2.37. The first-order valence-corrected chi connectivity index (χ1v) is 6.99. The summed E-state index contributed by atoms with van der Waals surface area (Å²) in [7, 11) is 1.55. The highest BCUT2D eigenvalue weighted by atomic mass is 19.1. The maximum Gasteiger partial charge on any atom is 0.317 e. The molecule has 0 aliphatic carbocycles. The van der Waals surface area contributed by atoms with E-state index in [1.54, 1.807) is 14.0 Å². The van der Waals surface area contributed by atoms with E-state index in [0.29, 0.717) is 6.42 Å². The van der Waals surface area contributed by atoms with Crippen LogP contribution in [0.5, 0.6) is 0 Å². The lowest BCUT2D eigenvalue weighted by Gasteiger charge is -2.24. The molecule has 21 heavy (non-hydrogen) atoms. The fourth-order valence-corrected chi connectivity index (χ4v) is 2.12. The smallest absolute Gasteiger partial charge is 0.317 e. The molecular weight excluding hydrogens is 278 g/mol. The maximum atomic E-state index is 13.8. The van der Waals surface area contributed by atoms with Crippen LogP contribution in [-0.4, -0.2) is 35.7 Å². The first kappa shape index (κ1) is 17.4. The number of carbonyl (C=O) groups excluding carboxylic acids is 1. The molecule has 1 aromatic carbocycles. The molecule has 0 aromatic heterocycles. The van der Waals surface area contributed by atoms with Gasteiger partial charge in [-0.15, -0.1) is 0 Å². The quantitative estimate of drug-likeness (QED) is 0.849. The third-order valence-corrected chi connectivity index (χ3v) is 3.10. The Morgan fingerprint density at radius 2 is 2.10 bits per heavy atom. The lowest BCUT2D eigenvalue weighted by Crippen LogP contribution is -2.42. The van der Waals surface area contributed by atoms with Gasteiger partial charge >= 0.3 is 6.03 Å². The first-order valence-electron chi connectivity index (χ1n) is 6.99. The van der Waals surface area contributed by atoms with Crippen molar-refractivity contribution < 1.29 is 18.7 Å². The zero-order valence-corrected chi connectivity index (χ0v) is 12.6. The van der Waals surface area contributed by atoms with Gasteiger partial charge in [-0.25, -0.2) is 13.6 Å². The number of amides is 2. The van der Waals surface area contributed by atoms with E-state index in [9.17, 15) is 18.7 Å². The van der Waals surface area contributed by atoms with Crippen molar-refractivity contribution in [2.45, 2.75) is 38.8 Å². The van der Waals surface area contributed by atoms with Crippen LogP contribution in [0.1, 0.15) is 38.3 Å². The Balaban J connectivity index is 2.84. The van der Waals surface area contributed by atoms with Gasteiger partial charge in [-0.3, -0.25) is 0 Å². The zero-order valence-electron chi connectivity index (χ0n) is 12.6. The summed E-state index contributed by atoms with van der Waals surface area (Å²) in [5.74, 6) is -1.32. The number of likely N-dealkylation sites (N-methyl/N-ethyl adjacent to an activating group) is 1. The van der Waals surface area contributed by atoms with E-state index in [1.165, 1.54) is 17.0 Å². The third-order valence-electron chi connectivity index (χ3n) is 3.10. The molecule has 0 saturated carbocycles. The molecule has 118 valence electrons. The highest BCUT2D eigenvalue weighted by Gasteiger charge is 2.20. The minimum Gasteiger partial charge on any atom is -0.392 e. The number of urea groups is 1. The van der Waals surface area contributed by atoms with Gasteiger partial charge in [-0.1, -0.05) is 19.4 Å². The lowest BCUT2D eigenvalue weighted by molar-refractivity contribution is 0.142. The van der Waals surface area contributed by atoms with Crippen molar-refractivity contribution in [3.8, 4) is 0 Å². The molecule has 0 radical (unpaired) electrons. The predicted molar refractivity (Wildman–Crippen MR) is 76.8 cm³/mol. The van der Waals surface area contributed by atoms with Crippen molar-refractivity contribution in [3.05, 3.63) is 35.4 Å². The predicted octanol–water partition coefficient (Wildman–Crippen LogP) is 2.83. The first-order chi connectivity index (χ1) is 9.85. The number of rotatable bonds is 6. The molecule has 0 aliphatic heterocycles. The van der Waals surface area contributed by atoms with E-state index >= 15 is 0 Å². The van der Waals surface area contributed by atoms with Gasteiger partial charge in [-0.05, 0) is 19.4 Å². The highest BCUT2D eigenvalue weighted by molar-refractivity contribution is 5.74. The van der Waals surface area contributed by atoms with Gasteiger partial charge < -0.3 is 15.3 Å². The molecule has 0 fully saturated rings. The Hall–Kier alpha value is -1.69. The molecule has 0 heterocycles. The Kier molecular flexibility index (Phi) is 6.55. The Morgan fingerprint density at radius 3 is 2.62 bits per heavy atom. The van der Waals surface area contributed by atoms with Crippen molar-refractivity contribution in [3.63, 3.8) is 0 Å². The molecule has 0 saturated heterocycles. The molecule has 0 spiro atoms. The second-order valence-corrected chi connectivity index (χ2v) is 5.19. The topological polar surface area (TPSA) is 52.6 Å². The monoisotopic (exact) mass is 300 g/mol. The van der Waals surface area contributed by atoms with Crippen molar-refractivity contribution >= 4 is 6.03 Å². The molecule has 6 heteroatoms. The summed E-state index contributed by atoms with van der Waals surface area (Å²) in [4.78, 5) is 13.4. The van der Waals surface area contributed by atoms with E-state index in [2.05, 4.69) is 5.32 Å². The summed E-state index contributed by atoms with van der Waals surface area (Å²) in [6.07, 6.45) is 0.631. The molecule has 0 bridgehead atoms. The van der Waals surface area contributed by atoms with E-state index < -0.39 is 29.8 Å². The number of aliphatic hydroxyl groups is 1. The van der Waals surface area contributed by atoms with Crippen molar-refractivity contribution in [1.82, 2.24) is 10.2 Å². The molecule has 4 nitrogen and oxygen atoms in total. The number of aliphatic hydroxyl groups excluding tert-OH is 1. The number of carbonyl (C=O) groups is 1. The van der Waals surface area contributed by atoms with Crippen LogP contribution in [-0.2, 0) is 0 Å². The standard InChI is InChI=1S/C15H22F2N2O2/c1-4-5-14(12-7-6-11(16)8-13(12)17)18-15(21)19(3)9-10(2)20/h6-8,10,14,20H,4-5,9H2,1-3H3,(H,18,21). The van der Waals surface area contributed by atoms with Gasteiger partial charge in [0, 0.05) is 25.2 Å². The summed E-state index contributed by atoms with van der Waals surface area (Å²) in [5, 5.41) is 12.0. The molecule has 2 atom stereocenters. The number of hydrogen-bond donors (Lipinski definition) is 2. The van der Waals surface area contributed by atoms with Crippen LogP contribution >= 0.6 is 0 Å². The number of hydrogen-bond acceptors (Lipinski definition) is 2. The summed E-state index contributed by atoms with van der Waals surface area (Å²) < 4.78 is 26.8. The van der Waals surface area contributed by atoms with E-state index in [4.69, 9.17) is 0 Å². The van der Waals surface area contributed by atoms with Gasteiger partial charge in [0.2, 0.25) is 0 Å². The van der Waals surface area contributed by atoms with Crippen molar-refractivity contribution in [2.75, 3.05) is 13.6 Å². The van der Waals surface area contributed by atoms with E-state index in [1.807, 2.05) is 6.92 Å². The normalized spacial score (nSPS) is 13.6. The van der Waals surface area contributed by atoms with Gasteiger partial charge in [0.1, 0.15) is 11.6 Å². The van der Waals surface area contributed by atoms with Crippen molar-refractivity contribution in [2.24, 2.45) is 0 Å². The van der Waals surface area contributed by atoms with Crippen LogP contribution in [0.4, 0.5) is 13.6 Å². The third kappa shape index (κ3) is 5.30. The Labute approximate surface area is 123 Å². The summed E-state index contributed by atoms with van der Waals surface area (Å²) in [6, 6.07) is 2.40. The molecular formula is C15H22F2N2O2. The molecule has 2 N–H and O–H groups in total. The van der Waals surface area contributed by atoms with Crippen LogP contribution in [0.2, 0.25) is 0 Å². The minimum atomic E-state index is -0.674. The largest absolute Gasteiger partial charge is 0.392 e. The SMILES string of the molecule is CCCC(NC(=O)N(C)CC(C)O)c1ccc(F)cc1F. The Bertz CT molecular complexity index is 481. The van der Waals surface area contributed by atoms with Crippen molar-refractivity contribution in [1.29, 1.82) is 0 Å². The molecule has 0 aliphatic rings. The summed E-state index contributed by atoms with van der Waals surface area (Å²) in [6.45, 7) is 3.67. The van der Waals surface area contributed by atoms with Crippen LogP contribution < -0.4 is 5.32 Å². The van der Waals surface area contributed by atoms with Crippen LogP contribution in [0.3, 0.4) is 0 Å². The second-order valence-electron chi connectivity index (χ2n) is 5.19. The zero-order chi connectivity index (χ0) is 16.0. The van der Waals surface area contributed by atoms with Gasteiger partial charge in [0.05, 0.1) is 12.1 Å². The fourth-order valence-electron chi connectivity index (χ4n) is 2.12. The summed E-state index contributed by atoms with van der Waals surface area (Å²) in [5.41, 5.74) is 0.261. The van der Waals surface area contributed by atoms with Crippen LogP contribution in [0.15, 0.2) is 18.2 Å². The highest BCUT2D eigenvalue weighted by Crippen LogP contribution is 2.22. The lowest BCUT2D eigenvalue weighted by atomic mass is 10.0. The van der Waals surface area contributed by atoms with E-state index in [-0.39, 0.29) is 12.1 Å². The van der Waals surface area contributed by atoms with Crippen LogP contribution in [0, 0.1) is 11.6 Å². The van der Waals surface area contributed by atoms with Gasteiger partial charge in [-0.2, -0.15) is 0 Å². The van der Waals surface area contributed by atoms with E-state index in [0.717, 1.165) is 12.5 Å². The number of nitrogens with zero attached hydrogens (tertiary/aromatic N) is 1. The van der Waals surface area contributed by atoms with Crippen LogP contribution in [0.25, 0.3) is 0 Å².